The standard InChI is InChI=1S/C16H19N3O4S/c1-19-13(8-17-15(19)11-6-4-3-5-7-11)16(20)18-12-9-24(21,22)10-14(12)23-2/h3-8,12,14H,9-10H2,1-2H3,(H,18,20)/t12-,14-/m1/s1. The third kappa shape index (κ3) is 3.20. The summed E-state index contributed by atoms with van der Waals surface area (Å²) in [6, 6.07) is 8.98. The van der Waals surface area contributed by atoms with Crippen LogP contribution >= 0.6 is 0 Å². The van der Waals surface area contributed by atoms with E-state index in [1.807, 2.05) is 30.3 Å². The lowest BCUT2D eigenvalue weighted by Crippen LogP contribution is -2.43. The number of hydrogen-bond donors (Lipinski definition) is 1. The Morgan fingerprint density at radius 3 is 2.67 bits per heavy atom. The molecule has 1 fully saturated rings. The SMILES string of the molecule is CO[C@@H]1CS(=O)(=O)C[C@H]1NC(=O)c1cnc(-c2ccccc2)n1C. The number of hydrogen-bond acceptors (Lipinski definition) is 5. The number of methoxy groups -OCH3 is 1. The number of nitrogens with zero attached hydrogens (tertiary/aromatic N) is 2. The number of carbonyl (C=O) groups excluding carboxylic acids is 1. The highest BCUT2D eigenvalue weighted by atomic mass is 32.2. The Balaban J connectivity index is 1.80. The van der Waals surface area contributed by atoms with Crippen LogP contribution < -0.4 is 5.32 Å². The zero-order chi connectivity index (χ0) is 17.3. The maximum Gasteiger partial charge on any atom is 0.269 e. The van der Waals surface area contributed by atoms with E-state index in [0.717, 1.165) is 5.56 Å². The smallest absolute Gasteiger partial charge is 0.269 e. The molecule has 1 aliphatic rings. The second kappa shape index (κ2) is 6.37. The summed E-state index contributed by atoms with van der Waals surface area (Å²) in [5.74, 6) is 0.120. The minimum atomic E-state index is -3.19. The molecule has 1 aromatic carbocycles. The first-order valence-electron chi connectivity index (χ1n) is 7.52. The lowest BCUT2D eigenvalue weighted by molar-refractivity contribution is 0.0780. The molecule has 0 radical (unpaired) electrons. The topological polar surface area (TPSA) is 90.3 Å². The number of sulfone groups is 1. The van der Waals surface area contributed by atoms with Gasteiger partial charge in [0.2, 0.25) is 0 Å². The molecule has 2 aromatic rings. The molecule has 0 saturated carbocycles. The van der Waals surface area contributed by atoms with Crippen molar-refractivity contribution in [3.05, 3.63) is 42.2 Å². The fourth-order valence-corrected chi connectivity index (χ4v) is 4.75. The van der Waals surface area contributed by atoms with Crippen molar-refractivity contribution in [1.29, 1.82) is 0 Å². The summed E-state index contributed by atoms with van der Waals surface area (Å²) in [6.07, 6.45) is 0.962. The van der Waals surface area contributed by atoms with Gasteiger partial charge >= 0.3 is 0 Å². The lowest BCUT2D eigenvalue weighted by atomic mass is 10.2. The number of amides is 1. The molecule has 1 aromatic heterocycles. The van der Waals surface area contributed by atoms with E-state index in [1.54, 1.807) is 11.6 Å². The summed E-state index contributed by atoms with van der Waals surface area (Å²) >= 11 is 0. The predicted octanol–water partition coefficient (Wildman–Crippen LogP) is 0.629. The summed E-state index contributed by atoms with van der Waals surface area (Å²) in [4.78, 5) is 16.8. The summed E-state index contributed by atoms with van der Waals surface area (Å²) in [5, 5.41) is 2.75. The van der Waals surface area contributed by atoms with Gasteiger partial charge in [-0.3, -0.25) is 4.79 Å². The molecule has 2 heterocycles. The first-order valence-corrected chi connectivity index (χ1v) is 9.34. The fourth-order valence-electron chi connectivity index (χ4n) is 2.90. The highest BCUT2D eigenvalue weighted by Crippen LogP contribution is 2.19. The molecular weight excluding hydrogens is 330 g/mol. The van der Waals surface area contributed by atoms with Crippen molar-refractivity contribution >= 4 is 15.7 Å². The molecular formula is C16H19N3O4S. The Hall–Kier alpha value is -2.19. The van der Waals surface area contributed by atoms with E-state index in [2.05, 4.69) is 10.3 Å². The number of nitrogens with one attached hydrogen (secondary N) is 1. The van der Waals surface area contributed by atoms with Crippen LogP contribution in [-0.2, 0) is 21.6 Å². The number of carbonyl (C=O) groups is 1. The molecule has 3 rings (SSSR count). The molecule has 0 aliphatic carbocycles. The Morgan fingerprint density at radius 1 is 1.29 bits per heavy atom. The quantitative estimate of drug-likeness (QED) is 0.874. The molecule has 2 atom stereocenters. The van der Waals surface area contributed by atoms with Crippen LogP contribution in [0.1, 0.15) is 10.5 Å². The molecule has 128 valence electrons. The van der Waals surface area contributed by atoms with E-state index in [-0.39, 0.29) is 17.4 Å². The fraction of sp³-hybridized carbons (Fsp3) is 0.375. The van der Waals surface area contributed by atoms with Crippen LogP contribution in [0.4, 0.5) is 0 Å². The van der Waals surface area contributed by atoms with Crippen molar-refractivity contribution in [2.45, 2.75) is 12.1 Å². The maximum atomic E-state index is 12.5. The Labute approximate surface area is 140 Å². The number of imidazole rings is 1. The van der Waals surface area contributed by atoms with Crippen molar-refractivity contribution in [2.75, 3.05) is 18.6 Å². The predicted molar refractivity (Wildman–Crippen MR) is 89.3 cm³/mol. The van der Waals surface area contributed by atoms with Crippen LogP contribution in [0.2, 0.25) is 0 Å². The van der Waals surface area contributed by atoms with Crippen molar-refractivity contribution in [3.63, 3.8) is 0 Å². The van der Waals surface area contributed by atoms with Crippen molar-refractivity contribution in [2.24, 2.45) is 7.05 Å². The molecule has 0 spiro atoms. The van der Waals surface area contributed by atoms with Crippen molar-refractivity contribution < 1.29 is 17.9 Å². The van der Waals surface area contributed by atoms with E-state index >= 15 is 0 Å². The summed E-state index contributed by atoms with van der Waals surface area (Å²) < 4.78 is 30.3. The molecule has 8 heteroatoms. The van der Waals surface area contributed by atoms with Gasteiger partial charge < -0.3 is 14.6 Å². The molecule has 1 N–H and O–H groups in total. The van der Waals surface area contributed by atoms with Gasteiger partial charge in [-0.1, -0.05) is 30.3 Å². The first-order chi connectivity index (χ1) is 11.4. The van der Waals surface area contributed by atoms with Gasteiger partial charge in [0, 0.05) is 19.7 Å². The lowest BCUT2D eigenvalue weighted by Gasteiger charge is -2.18. The van der Waals surface area contributed by atoms with E-state index in [9.17, 15) is 13.2 Å². The van der Waals surface area contributed by atoms with Gasteiger partial charge in [0.05, 0.1) is 29.8 Å². The van der Waals surface area contributed by atoms with E-state index in [4.69, 9.17) is 4.74 Å². The zero-order valence-corrected chi connectivity index (χ0v) is 14.3. The first kappa shape index (κ1) is 16.7. The monoisotopic (exact) mass is 349 g/mol. The second-order valence-electron chi connectivity index (χ2n) is 5.82. The summed E-state index contributed by atoms with van der Waals surface area (Å²) in [7, 11) is 0.00549. The van der Waals surface area contributed by atoms with E-state index in [1.165, 1.54) is 13.3 Å². The van der Waals surface area contributed by atoms with Gasteiger partial charge in [-0.2, -0.15) is 0 Å². The third-order valence-corrected chi connectivity index (χ3v) is 5.88. The Morgan fingerprint density at radius 2 is 2.00 bits per heavy atom. The number of benzene rings is 1. The van der Waals surface area contributed by atoms with Crippen LogP contribution in [0, 0.1) is 0 Å². The molecule has 0 bridgehead atoms. The normalized spacial score (nSPS) is 22.4. The third-order valence-electron chi connectivity index (χ3n) is 4.17. The van der Waals surface area contributed by atoms with Gasteiger partial charge in [0.25, 0.3) is 5.91 Å². The minimum absolute atomic E-state index is 0.0743. The number of rotatable bonds is 4. The Kier molecular flexibility index (Phi) is 4.42. The second-order valence-corrected chi connectivity index (χ2v) is 7.98. The van der Waals surface area contributed by atoms with Gasteiger partial charge in [-0.05, 0) is 0 Å². The maximum absolute atomic E-state index is 12.5. The van der Waals surface area contributed by atoms with Crippen molar-refractivity contribution in [1.82, 2.24) is 14.9 Å². The molecule has 7 nitrogen and oxygen atoms in total. The van der Waals surface area contributed by atoms with Crippen LogP contribution in [0.3, 0.4) is 0 Å². The molecule has 1 aliphatic heterocycles. The van der Waals surface area contributed by atoms with Crippen LogP contribution in [0.5, 0.6) is 0 Å². The van der Waals surface area contributed by atoms with Crippen LogP contribution in [0.25, 0.3) is 11.4 Å². The summed E-state index contributed by atoms with van der Waals surface area (Å²) in [6.45, 7) is 0. The van der Waals surface area contributed by atoms with Crippen molar-refractivity contribution in [3.8, 4) is 11.4 Å². The van der Waals surface area contributed by atoms with Gasteiger partial charge in [0.1, 0.15) is 11.5 Å². The van der Waals surface area contributed by atoms with Gasteiger partial charge in [-0.25, -0.2) is 13.4 Å². The van der Waals surface area contributed by atoms with Gasteiger partial charge in [-0.15, -0.1) is 0 Å². The number of aromatic nitrogens is 2. The molecule has 24 heavy (non-hydrogen) atoms. The average Bonchev–Trinajstić information content (AvgIpc) is 3.07. The zero-order valence-electron chi connectivity index (χ0n) is 13.5. The summed E-state index contributed by atoms with van der Waals surface area (Å²) in [5.41, 5.74) is 1.27. The minimum Gasteiger partial charge on any atom is -0.378 e. The van der Waals surface area contributed by atoms with Gasteiger partial charge in [0.15, 0.2) is 9.84 Å². The highest BCUT2D eigenvalue weighted by Gasteiger charge is 2.39. The average molecular weight is 349 g/mol. The molecule has 1 amide bonds. The van der Waals surface area contributed by atoms with E-state index in [0.29, 0.717) is 11.5 Å². The highest BCUT2D eigenvalue weighted by molar-refractivity contribution is 7.91. The molecule has 1 saturated heterocycles. The molecule has 0 unspecified atom stereocenters. The van der Waals surface area contributed by atoms with E-state index < -0.39 is 22.0 Å². The van der Waals surface area contributed by atoms with Crippen LogP contribution in [-0.4, -0.2) is 54.6 Å². The van der Waals surface area contributed by atoms with Crippen LogP contribution in [0.15, 0.2) is 36.5 Å². The largest absolute Gasteiger partial charge is 0.378 e. The Bertz CT molecular complexity index is 845. The number of ether oxygens (including phenoxy) is 1.